The first-order valence-electron chi connectivity index (χ1n) is 11.9. The molecule has 37 heavy (non-hydrogen) atoms. The van der Waals surface area contributed by atoms with Crippen molar-refractivity contribution in [2.45, 2.75) is 18.9 Å². The Hall–Kier alpha value is -4.73. The number of pyridine rings is 2. The minimum absolute atomic E-state index is 0.0369. The highest BCUT2D eigenvalue weighted by atomic mass is 16.5. The predicted octanol–water partition coefficient (Wildman–Crippen LogP) is 3.69. The number of benzene rings is 1. The van der Waals surface area contributed by atoms with Crippen LogP contribution in [-0.4, -0.2) is 56.7 Å². The molecule has 1 fully saturated rings. The van der Waals surface area contributed by atoms with Crippen molar-refractivity contribution in [1.29, 1.82) is 0 Å². The normalized spacial score (nSPS) is 15.4. The van der Waals surface area contributed by atoms with Gasteiger partial charge in [0.2, 0.25) is 5.91 Å². The summed E-state index contributed by atoms with van der Waals surface area (Å²) >= 11 is 0. The fraction of sp³-hybridized carbons (Fsp3) is 0.222. The number of hydrogen-bond acceptors (Lipinski definition) is 7. The van der Waals surface area contributed by atoms with Crippen LogP contribution in [0.3, 0.4) is 0 Å². The van der Waals surface area contributed by atoms with E-state index in [0.717, 1.165) is 18.4 Å². The van der Waals surface area contributed by atoms with Gasteiger partial charge < -0.3 is 20.7 Å². The molecule has 1 aliphatic rings. The number of anilines is 2. The molecule has 4 heterocycles. The van der Waals surface area contributed by atoms with Gasteiger partial charge in [0.25, 0.3) is 5.91 Å². The smallest absolute Gasteiger partial charge is 0.256 e. The Morgan fingerprint density at radius 3 is 2.81 bits per heavy atom. The Morgan fingerprint density at radius 1 is 1.19 bits per heavy atom. The lowest BCUT2D eigenvalue weighted by molar-refractivity contribution is -0.127. The van der Waals surface area contributed by atoms with Crippen molar-refractivity contribution in [3.05, 3.63) is 73.1 Å². The molecule has 10 nitrogen and oxygen atoms in total. The van der Waals surface area contributed by atoms with Crippen molar-refractivity contribution in [2.75, 3.05) is 31.2 Å². The summed E-state index contributed by atoms with van der Waals surface area (Å²) < 4.78 is 7.60. The molecular formula is C27H27N7O3. The molecule has 0 radical (unpaired) electrons. The number of nitrogens with zero attached hydrogens (tertiary/aromatic N) is 5. The first-order valence-corrected chi connectivity index (χ1v) is 11.9. The van der Waals surface area contributed by atoms with Gasteiger partial charge in [0.15, 0.2) is 0 Å². The van der Waals surface area contributed by atoms with Crippen molar-refractivity contribution in [3.8, 4) is 17.0 Å². The van der Waals surface area contributed by atoms with Gasteiger partial charge in [-0.2, -0.15) is 5.10 Å². The SMILES string of the molecule is C=CC(=O)N1CCC[C@@H](n2nc(-c3ccc(C(=O)Nc4ccccn4)cc3OC)c3c(N)nccc32)C1. The zero-order valence-corrected chi connectivity index (χ0v) is 20.4. The number of likely N-dealkylation sites (tertiary alicyclic amines) is 1. The fourth-order valence-corrected chi connectivity index (χ4v) is 4.72. The van der Waals surface area contributed by atoms with Crippen molar-refractivity contribution in [3.63, 3.8) is 0 Å². The van der Waals surface area contributed by atoms with E-state index in [0.29, 0.717) is 52.7 Å². The minimum Gasteiger partial charge on any atom is -0.496 e. The second kappa shape index (κ2) is 10.1. The third-order valence-electron chi connectivity index (χ3n) is 6.50. The molecule has 1 aliphatic heterocycles. The highest BCUT2D eigenvalue weighted by Crippen LogP contribution is 2.39. The van der Waals surface area contributed by atoms with E-state index in [-0.39, 0.29) is 17.9 Å². The fourth-order valence-electron chi connectivity index (χ4n) is 4.72. The maximum atomic E-state index is 12.8. The van der Waals surface area contributed by atoms with Gasteiger partial charge in [-0.3, -0.25) is 14.3 Å². The highest BCUT2D eigenvalue weighted by molar-refractivity contribution is 6.06. The molecule has 3 aromatic heterocycles. The number of nitrogens with two attached hydrogens (primary N) is 1. The summed E-state index contributed by atoms with van der Waals surface area (Å²) in [4.78, 5) is 35.3. The van der Waals surface area contributed by atoms with Crippen molar-refractivity contribution in [2.24, 2.45) is 0 Å². The Morgan fingerprint density at radius 2 is 2.05 bits per heavy atom. The summed E-state index contributed by atoms with van der Waals surface area (Å²) in [7, 11) is 1.54. The third-order valence-corrected chi connectivity index (χ3v) is 6.50. The van der Waals surface area contributed by atoms with Crippen LogP contribution < -0.4 is 15.8 Å². The Kier molecular flexibility index (Phi) is 6.55. The first kappa shape index (κ1) is 24.0. The van der Waals surface area contributed by atoms with Crippen LogP contribution >= 0.6 is 0 Å². The first-order chi connectivity index (χ1) is 18.0. The van der Waals surface area contributed by atoms with Crippen LogP contribution in [-0.2, 0) is 4.79 Å². The zero-order valence-electron chi connectivity index (χ0n) is 20.4. The van der Waals surface area contributed by atoms with Gasteiger partial charge in [0, 0.05) is 36.6 Å². The molecule has 0 aliphatic carbocycles. The van der Waals surface area contributed by atoms with E-state index in [1.54, 1.807) is 60.8 Å². The number of amides is 2. The number of fused-ring (bicyclic) bond motifs is 1. The van der Waals surface area contributed by atoms with Gasteiger partial charge in [0.05, 0.1) is 24.1 Å². The van der Waals surface area contributed by atoms with Crippen LogP contribution in [0, 0.1) is 0 Å². The zero-order chi connectivity index (χ0) is 25.9. The van der Waals surface area contributed by atoms with Gasteiger partial charge in [-0.15, -0.1) is 0 Å². The predicted molar refractivity (Wildman–Crippen MR) is 141 cm³/mol. The summed E-state index contributed by atoms with van der Waals surface area (Å²) in [6.07, 6.45) is 6.32. The Balaban J connectivity index is 1.54. The van der Waals surface area contributed by atoms with Gasteiger partial charge >= 0.3 is 0 Å². The second-order valence-electron chi connectivity index (χ2n) is 8.75. The van der Waals surface area contributed by atoms with E-state index in [2.05, 4.69) is 21.9 Å². The highest BCUT2D eigenvalue weighted by Gasteiger charge is 2.28. The second-order valence-corrected chi connectivity index (χ2v) is 8.75. The Labute approximate surface area is 213 Å². The molecule has 0 spiro atoms. The lowest BCUT2D eigenvalue weighted by atomic mass is 10.0. The molecule has 5 rings (SSSR count). The summed E-state index contributed by atoms with van der Waals surface area (Å²) in [5.41, 5.74) is 8.84. The number of methoxy groups -OCH3 is 1. The molecule has 1 aromatic carbocycles. The van der Waals surface area contributed by atoms with E-state index in [1.807, 2.05) is 10.7 Å². The van der Waals surface area contributed by atoms with Crippen LogP contribution in [0.1, 0.15) is 29.2 Å². The number of nitrogens with one attached hydrogen (secondary N) is 1. The van der Waals surface area contributed by atoms with E-state index in [1.165, 1.54) is 6.08 Å². The molecule has 0 saturated carbocycles. The number of piperidine rings is 1. The van der Waals surface area contributed by atoms with E-state index in [4.69, 9.17) is 15.6 Å². The summed E-state index contributed by atoms with van der Waals surface area (Å²) in [6, 6.07) is 12.3. The average molecular weight is 498 g/mol. The van der Waals surface area contributed by atoms with Gasteiger partial charge in [0.1, 0.15) is 23.1 Å². The number of carbonyl (C=O) groups is 2. The van der Waals surface area contributed by atoms with Crippen LogP contribution in [0.25, 0.3) is 22.2 Å². The number of aromatic nitrogens is 4. The molecule has 0 bridgehead atoms. The van der Waals surface area contributed by atoms with Gasteiger partial charge in [-0.1, -0.05) is 12.6 Å². The number of hydrogen-bond donors (Lipinski definition) is 2. The lowest BCUT2D eigenvalue weighted by Gasteiger charge is -2.32. The van der Waals surface area contributed by atoms with Crippen LogP contribution in [0.2, 0.25) is 0 Å². The lowest BCUT2D eigenvalue weighted by Crippen LogP contribution is -2.40. The van der Waals surface area contributed by atoms with Gasteiger partial charge in [-0.05, 0) is 55.3 Å². The topological polar surface area (TPSA) is 128 Å². The molecule has 4 aromatic rings. The number of rotatable bonds is 6. The molecule has 10 heteroatoms. The summed E-state index contributed by atoms with van der Waals surface area (Å²) in [5, 5.41) is 8.43. The van der Waals surface area contributed by atoms with Gasteiger partial charge in [-0.25, -0.2) is 9.97 Å². The average Bonchev–Trinajstić information content (AvgIpc) is 3.33. The van der Waals surface area contributed by atoms with E-state index < -0.39 is 0 Å². The molecule has 3 N–H and O–H groups in total. The monoisotopic (exact) mass is 497 g/mol. The summed E-state index contributed by atoms with van der Waals surface area (Å²) in [5.74, 6) is 0.858. The summed E-state index contributed by atoms with van der Waals surface area (Å²) in [6.45, 7) is 4.82. The van der Waals surface area contributed by atoms with Crippen molar-refractivity contribution in [1.82, 2.24) is 24.6 Å². The number of ether oxygens (including phenoxy) is 1. The van der Waals surface area contributed by atoms with E-state index >= 15 is 0 Å². The maximum Gasteiger partial charge on any atom is 0.256 e. The standard InChI is InChI=1S/C27H27N7O3/c1-3-23(35)33-14-6-7-18(16-33)34-20-11-13-30-26(28)24(20)25(32-34)19-10-9-17(15-21(19)37-2)27(36)31-22-8-4-5-12-29-22/h3-5,8-13,15,18H,1,6-7,14,16H2,2H3,(H2,28,30)(H,29,31,36)/t18-/m1/s1. The van der Waals surface area contributed by atoms with Crippen LogP contribution in [0.15, 0.2) is 67.5 Å². The number of nitrogen functional groups attached to an aromatic ring is 1. The molecule has 2 amide bonds. The third kappa shape index (κ3) is 4.61. The molecule has 1 atom stereocenters. The Bertz CT molecular complexity index is 1480. The van der Waals surface area contributed by atoms with Crippen molar-refractivity contribution >= 4 is 34.4 Å². The van der Waals surface area contributed by atoms with Crippen LogP contribution in [0.5, 0.6) is 5.75 Å². The molecular weight excluding hydrogens is 470 g/mol. The largest absolute Gasteiger partial charge is 0.496 e. The molecule has 0 unspecified atom stereocenters. The quantitative estimate of drug-likeness (QED) is 0.389. The molecule has 188 valence electrons. The number of carbonyl (C=O) groups excluding carboxylic acids is 2. The van der Waals surface area contributed by atoms with E-state index in [9.17, 15) is 9.59 Å². The minimum atomic E-state index is -0.311. The van der Waals surface area contributed by atoms with Crippen LogP contribution in [0.4, 0.5) is 11.6 Å². The van der Waals surface area contributed by atoms with Crippen molar-refractivity contribution < 1.29 is 14.3 Å². The maximum absolute atomic E-state index is 12.8. The molecule has 1 saturated heterocycles.